The minimum atomic E-state index is 0.393. The van der Waals surface area contributed by atoms with Gasteiger partial charge in [-0.1, -0.05) is 26.5 Å². The van der Waals surface area contributed by atoms with E-state index in [1.165, 1.54) is 0 Å². The third-order valence-corrected chi connectivity index (χ3v) is 1.28. The third kappa shape index (κ3) is 4.61. The van der Waals surface area contributed by atoms with Gasteiger partial charge < -0.3 is 0 Å². The highest BCUT2D eigenvalue weighted by Crippen LogP contribution is 2.09. The second kappa shape index (κ2) is 6.53. The van der Waals surface area contributed by atoms with E-state index in [-0.39, 0.29) is 0 Å². The first-order valence-electron chi connectivity index (χ1n) is 4.05. The van der Waals surface area contributed by atoms with Crippen LogP contribution in [-0.2, 0) is 0 Å². The van der Waals surface area contributed by atoms with Gasteiger partial charge in [-0.2, -0.15) is 0 Å². The molecule has 0 amide bonds. The lowest BCUT2D eigenvalue weighted by Gasteiger charge is -2.02. The summed E-state index contributed by atoms with van der Waals surface area (Å²) < 4.78 is 0. The van der Waals surface area contributed by atoms with Crippen LogP contribution < -0.4 is 0 Å². The fraction of sp³-hybridized carbons (Fsp3) is 0.400. The van der Waals surface area contributed by atoms with E-state index in [4.69, 9.17) is 0 Å². The van der Waals surface area contributed by atoms with Crippen LogP contribution in [0.15, 0.2) is 34.5 Å². The summed E-state index contributed by atoms with van der Waals surface area (Å²) in [6, 6.07) is 0. The van der Waals surface area contributed by atoms with Crippen molar-refractivity contribution in [1.29, 1.82) is 0 Å². The molecule has 0 aliphatic carbocycles. The minimum absolute atomic E-state index is 0.393. The van der Waals surface area contributed by atoms with Crippen molar-refractivity contribution in [1.82, 2.24) is 0 Å². The SMILES string of the molecule is C=C\C=N/C(=C\N=C\C)C(C)C. The second-order valence-corrected chi connectivity index (χ2v) is 2.63. The molecule has 2 nitrogen and oxygen atoms in total. The Labute approximate surface area is 74.4 Å². The molecule has 0 aliphatic heterocycles. The van der Waals surface area contributed by atoms with Crippen LogP contribution in [0.3, 0.4) is 0 Å². The van der Waals surface area contributed by atoms with Crippen molar-refractivity contribution < 1.29 is 0 Å². The summed E-state index contributed by atoms with van der Waals surface area (Å²) in [5.41, 5.74) is 0.966. The Bertz CT molecular complexity index is 210. The molecule has 0 aromatic carbocycles. The Kier molecular flexibility index (Phi) is 5.88. The van der Waals surface area contributed by atoms with E-state index in [2.05, 4.69) is 30.4 Å². The van der Waals surface area contributed by atoms with Crippen LogP contribution in [0.5, 0.6) is 0 Å². The zero-order valence-corrected chi connectivity index (χ0v) is 7.99. The van der Waals surface area contributed by atoms with Crippen LogP contribution >= 0.6 is 0 Å². The first-order valence-corrected chi connectivity index (χ1v) is 4.05. The van der Waals surface area contributed by atoms with Crippen molar-refractivity contribution in [2.24, 2.45) is 15.9 Å². The fourth-order valence-corrected chi connectivity index (χ4v) is 0.621. The predicted molar refractivity (Wildman–Crippen MR) is 55.8 cm³/mol. The molecule has 0 atom stereocenters. The Balaban J connectivity index is 4.42. The number of allylic oxidation sites excluding steroid dienone is 2. The average Bonchev–Trinajstić information content (AvgIpc) is 2.04. The van der Waals surface area contributed by atoms with Crippen LogP contribution in [0, 0.1) is 5.92 Å². The number of hydrogen-bond acceptors (Lipinski definition) is 2. The number of nitrogens with zero attached hydrogens (tertiary/aromatic N) is 2. The van der Waals surface area contributed by atoms with E-state index in [1.807, 2.05) is 6.92 Å². The van der Waals surface area contributed by atoms with Gasteiger partial charge in [-0.05, 0) is 12.8 Å². The lowest BCUT2D eigenvalue weighted by molar-refractivity contribution is 0.756. The topological polar surface area (TPSA) is 24.7 Å². The van der Waals surface area contributed by atoms with Gasteiger partial charge in [0.1, 0.15) is 0 Å². The van der Waals surface area contributed by atoms with Crippen LogP contribution in [0.2, 0.25) is 0 Å². The number of aliphatic imine (C=N–C) groups is 2. The van der Waals surface area contributed by atoms with Crippen LogP contribution in [-0.4, -0.2) is 12.4 Å². The maximum absolute atomic E-state index is 4.18. The van der Waals surface area contributed by atoms with Gasteiger partial charge in [0.05, 0.1) is 5.70 Å². The zero-order chi connectivity index (χ0) is 9.40. The standard InChI is InChI=1S/C10H16N2/c1-5-7-12-10(9(3)4)8-11-6-2/h5-9H,1H2,2-4H3/b10-8-,11-6+,12-7-. The van der Waals surface area contributed by atoms with E-state index in [0.29, 0.717) is 5.92 Å². The molecular formula is C10H16N2. The molecule has 0 heterocycles. The van der Waals surface area contributed by atoms with Gasteiger partial charge in [0.25, 0.3) is 0 Å². The first kappa shape index (κ1) is 10.8. The minimum Gasteiger partial charge on any atom is -0.267 e. The van der Waals surface area contributed by atoms with Gasteiger partial charge in [0.15, 0.2) is 0 Å². The maximum atomic E-state index is 4.18. The molecule has 0 saturated heterocycles. The Morgan fingerprint density at radius 2 is 2.08 bits per heavy atom. The fourth-order valence-electron chi connectivity index (χ4n) is 0.621. The van der Waals surface area contributed by atoms with Crippen LogP contribution in [0.4, 0.5) is 0 Å². The molecule has 2 heteroatoms. The van der Waals surface area contributed by atoms with Gasteiger partial charge in [-0.15, -0.1) is 0 Å². The Morgan fingerprint density at radius 1 is 1.42 bits per heavy atom. The Morgan fingerprint density at radius 3 is 2.50 bits per heavy atom. The maximum Gasteiger partial charge on any atom is 0.0611 e. The summed E-state index contributed by atoms with van der Waals surface area (Å²) in [6.07, 6.45) is 6.85. The van der Waals surface area contributed by atoms with Gasteiger partial charge in [-0.3, -0.25) is 9.98 Å². The van der Waals surface area contributed by atoms with Crippen molar-refractivity contribution in [2.75, 3.05) is 0 Å². The van der Waals surface area contributed by atoms with E-state index in [1.54, 1.807) is 24.7 Å². The molecule has 0 unspecified atom stereocenters. The molecule has 0 rings (SSSR count). The van der Waals surface area contributed by atoms with Gasteiger partial charge >= 0.3 is 0 Å². The van der Waals surface area contributed by atoms with Crippen molar-refractivity contribution in [2.45, 2.75) is 20.8 Å². The number of hydrogen-bond donors (Lipinski definition) is 0. The van der Waals surface area contributed by atoms with Crippen molar-refractivity contribution in [3.63, 3.8) is 0 Å². The summed E-state index contributed by atoms with van der Waals surface area (Å²) in [4.78, 5) is 8.19. The van der Waals surface area contributed by atoms with Crippen molar-refractivity contribution >= 4 is 12.4 Å². The normalized spacial score (nSPS) is 13.5. The Hall–Kier alpha value is -1.18. The van der Waals surface area contributed by atoms with Crippen LogP contribution in [0.1, 0.15) is 20.8 Å². The molecule has 0 spiro atoms. The van der Waals surface area contributed by atoms with Gasteiger partial charge in [0, 0.05) is 18.6 Å². The highest BCUT2D eigenvalue weighted by Gasteiger charge is 1.97. The summed E-state index contributed by atoms with van der Waals surface area (Å²) in [5, 5.41) is 0. The van der Waals surface area contributed by atoms with Gasteiger partial charge in [-0.25, -0.2) is 0 Å². The van der Waals surface area contributed by atoms with E-state index < -0.39 is 0 Å². The van der Waals surface area contributed by atoms with Crippen molar-refractivity contribution in [3.05, 3.63) is 24.6 Å². The highest BCUT2D eigenvalue weighted by atomic mass is 14.8. The molecule has 12 heavy (non-hydrogen) atoms. The quantitative estimate of drug-likeness (QED) is 0.571. The summed E-state index contributed by atoms with van der Waals surface area (Å²) in [7, 11) is 0. The molecule has 0 fully saturated rings. The summed E-state index contributed by atoms with van der Waals surface area (Å²) in [6.45, 7) is 9.60. The van der Waals surface area contributed by atoms with Gasteiger partial charge in [0.2, 0.25) is 0 Å². The van der Waals surface area contributed by atoms with Crippen molar-refractivity contribution in [3.8, 4) is 0 Å². The lowest BCUT2D eigenvalue weighted by atomic mass is 10.1. The predicted octanol–water partition coefficient (Wildman–Crippen LogP) is 2.83. The van der Waals surface area contributed by atoms with Crippen LogP contribution in [0.25, 0.3) is 0 Å². The monoisotopic (exact) mass is 164 g/mol. The molecule has 0 saturated carbocycles. The number of rotatable bonds is 4. The largest absolute Gasteiger partial charge is 0.267 e. The highest BCUT2D eigenvalue weighted by molar-refractivity contribution is 5.71. The smallest absolute Gasteiger partial charge is 0.0611 e. The third-order valence-electron chi connectivity index (χ3n) is 1.28. The molecule has 0 aliphatic rings. The summed E-state index contributed by atoms with van der Waals surface area (Å²) >= 11 is 0. The molecular weight excluding hydrogens is 148 g/mol. The molecule has 0 aromatic heterocycles. The van der Waals surface area contributed by atoms with E-state index >= 15 is 0 Å². The first-order chi connectivity index (χ1) is 5.72. The molecule has 0 radical (unpaired) electrons. The lowest BCUT2D eigenvalue weighted by Crippen LogP contribution is -1.90. The van der Waals surface area contributed by atoms with E-state index in [0.717, 1.165) is 5.70 Å². The molecule has 0 bridgehead atoms. The zero-order valence-electron chi connectivity index (χ0n) is 7.99. The van der Waals surface area contributed by atoms with E-state index in [9.17, 15) is 0 Å². The summed E-state index contributed by atoms with van der Waals surface area (Å²) in [5.74, 6) is 0.393. The average molecular weight is 164 g/mol. The molecule has 0 aromatic rings. The molecule has 0 N–H and O–H groups in total. The second-order valence-electron chi connectivity index (χ2n) is 2.63. The molecule has 66 valence electrons.